The molecule has 0 aliphatic carbocycles. The molecule has 3 N–H and O–H groups in total. The fraction of sp³-hybridized carbons (Fsp3) is 0.312. The van der Waals surface area contributed by atoms with E-state index in [1.54, 1.807) is 18.6 Å². The van der Waals surface area contributed by atoms with Crippen molar-refractivity contribution in [3.63, 3.8) is 0 Å². The predicted octanol–water partition coefficient (Wildman–Crippen LogP) is 1.13. The van der Waals surface area contributed by atoms with Crippen LogP contribution in [0.15, 0.2) is 48.9 Å². The lowest BCUT2D eigenvalue weighted by atomic mass is 10.0. The molecular weight excluding hydrogens is 280 g/mol. The lowest BCUT2D eigenvalue weighted by Gasteiger charge is -2.15. The lowest BCUT2D eigenvalue weighted by molar-refractivity contribution is 0.213. The Morgan fingerprint density at radius 3 is 2.64 bits per heavy atom. The SMILES string of the molecule is O=C(NCc1ccncc1)NCC(CO)Cc1ccccn1. The summed E-state index contributed by atoms with van der Waals surface area (Å²) in [6.45, 7) is 0.842. The number of amides is 2. The maximum Gasteiger partial charge on any atom is 0.315 e. The number of rotatable bonds is 7. The molecular formula is C16H20N4O2. The van der Waals surface area contributed by atoms with Crippen LogP contribution in [-0.2, 0) is 13.0 Å². The van der Waals surface area contributed by atoms with Crippen LogP contribution in [0.25, 0.3) is 0 Å². The topological polar surface area (TPSA) is 87.1 Å². The minimum atomic E-state index is -0.253. The summed E-state index contributed by atoms with van der Waals surface area (Å²) in [5, 5.41) is 14.9. The summed E-state index contributed by atoms with van der Waals surface area (Å²) in [4.78, 5) is 19.9. The van der Waals surface area contributed by atoms with E-state index in [-0.39, 0.29) is 18.6 Å². The number of nitrogens with zero attached hydrogens (tertiary/aromatic N) is 2. The number of pyridine rings is 2. The molecule has 1 atom stereocenters. The van der Waals surface area contributed by atoms with Crippen molar-refractivity contribution < 1.29 is 9.90 Å². The van der Waals surface area contributed by atoms with Gasteiger partial charge in [0.15, 0.2) is 0 Å². The first-order valence-electron chi connectivity index (χ1n) is 7.19. The first-order valence-corrected chi connectivity index (χ1v) is 7.19. The number of aliphatic hydroxyl groups is 1. The second kappa shape index (κ2) is 8.74. The molecule has 116 valence electrons. The van der Waals surface area contributed by atoms with E-state index in [4.69, 9.17) is 0 Å². The van der Waals surface area contributed by atoms with Gasteiger partial charge in [-0.25, -0.2) is 4.79 Å². The Labute approximate surface area is 129 Å². The molecule has 6 nitrogen and oxygen atoms in total. The summed E-state index contributed by atoms with van der Waals surface area (Å²) in [6, 6.07) is 9.10. The smallest absolute Gasteiger partial charge is 0.315 e. The Morgan fingerprint density at radius 1 is 1.14 bits per heavy atom. The highest BCUT2D eigenvalue weighted by Crippen LogP contribution is 2.04. The van der Waals surface area contributed by atoms with E-state index in [2.05, 4.69) is 20.6 Å². The average molecular weight is 300 g/mol. The largest absolute Gasteiger partial charge is 0.396 e. The minimum absolute atomic E-state index is 0.00120. The quantitative estimate of drug-likeness (QED) is 0.715. The van der Waals surface area contributed by atoms with Crippen LogP contribution in [0.5, 0.6) is 0 Å². The summed E-state index contributed by atoms with van der Waals surface area (Å²) in [5.41, 5.74) is 1.89. The van der Waals surface area contributed by atoms with Crippen LogP contribution >= 0.6 is 0 Å². The van der Waals surface area contributed by atoms with Gasteiger partial charge < -0.3 is 15.7 Å². The molecule has 0 aliphatic rings. The molecule has 0 bridgehead atoms. The molecule has 2 aromatic rings. The molecule has 0 spiro atoms. The summed E-state index contributed by atoms with van der Waals surface area (Å²) >= 11 is 0. The molecule has 0 saturated carbocycles. The number of nitrogens with one attached hydrogen (secondary N) is 2. The Bertz CT molecular complexity index is 563. The summed E-state index contributed by atoms with van der Waals surface area (Å²) in [5.74, 6) is -0.0541. The number of carbonyl (C=O) groups excluding carboxylic acids is 1. The van der Waals surface area contributed by atoms with Crippen molar-refractivity contribution in [3.05, 3.63) is 60.2 Å². The van der Waals surface area contributed by atoms with Gasteiger partial charge in [-0.05, 0) is 36.2 Å². The van der Waals surface area contributed by atoms with E-state index >= 15 is 0 Å². The Hall–Kier alpha value is -2.47. The summed E-state index contributed by atoms with van der Waals surface area (Å²) < 4.78 is 0. The normalized spacial score (nSPS) is 11.7. The fourth-order valence-electron chi connectivity index (χ4n) is 2.00. The molecule has 0 aromatic carbocycles. The minimum Gasteiger partial charge on any atom is -0.396 e. The highest BCUT2D eigenvalue weighted by atomic mass is 16.3. The van der Waals surface area contributed by atoms with Crippen molar-refractivity contribution in [2.24, 2.45) is 5.92 Å². The van der Waals surface area contributed by atoms with Gasteiger partial charge >= 0.3 is 6.03 Å². The third-order valence-corrected chi connectivity index (χ3v) is 3.24. The molecule has 0 fully saturated rings. The second-order valence-electron chi connectivity index (χ2n) is 4.99. The second-order valence-corrected chi connectivity index (χ2v) is 4.99. The van der Waals surface area contributed by atoms with Crippen LogP contribution in [-0.4, -0.2) is 34.3 Å². The van der Waals surface area contributed by atoms with Crippen molar-refractivity contribution in [1.82, 2.24) is 20.6 Å². The zero-order valence-corrected chi connectivity index (χ0v) is 12.3. The van der Waals surface area contributed by atoms with Gasteiger partial charge in [-0.3, -0.25) is 9.97 Å². The van der Waals surface area contributed by atoms with Crippen molar-refractivity contribution in [2.75, 3.05) is 13.2 Å². The van der Waals surface area contributed by atoms with Crippen molar-refractivity contribution >= 4 is 6.03 Å². The van der Waals surface area contributed by atoms with Crippen LogP contribution in [0.3, 0.4) is 0 Å². The standard InChI is InChI=1S/C16H20N4O2/c21-12-14(9-15-3-1-2-6-18-15)11-20-16(22)19-10-13-4-7-17-8-5-13/h1-8,14,21H,9-12H2,(H2,19,20,22). The zero-order chi connectivity index (χ0) is 15.6. The van der Waals surface area contributed by atoms with E-state index in [0.717, 1.165) is 11.3 Å². The molecule has 0 saturated heterocycles. The highest BCUT2D eigenvalue weighted by Gasteiger charge is 2.11. The molecule has 6 heteroatoms. The molecule has 2 heterocycles. The maximum absolute atomic E-state index is 11.8. The molecule has 2 amide bonds. The predicted molar refractivity (Wildman–Crippen MR) is 83.0 cm³/mol. The number of urea groups is 1. The van der Waals surface area contributed by atoms with Gasteiger partial charge in [0.1, 0.15) is 0 Å². The van der Waals surface area contributed by atoms with E-state index < -0.39 is 0 Å². The first kappa shape index (κ1) is 15.9. The Balaban J connectivity index is 1.72. The monoisotopic (exact) mass is 300 g/mol. The van der Waals surface area contributed by atoms with Gasteiger partial charge in [-0.1, -0.05) is 6.07 Å². The van der Waals surface area contributed by atoms with E-state index in [1.165, 1.54) is 0 Å². The van der Waals surface area contributed by atoms with Gasteiger partial charge in [0.2, 0.25) is 0 Å². The van der Waals surface area contributed by atoms with Crippen molar-refractivity contribution in [3.8, 4) is 0 Å². The summed E-state index contributed by atoms with van der Waals surface area (Å²) in [7, 11) is 0. The third kappa shape index (κ3) is 5.49. The first-order chi connectivity index (χ1) is 10.8. The van der Waals surface area contributed by atoms with Crippen LogP contribution < -0.4 is 10.6 Å². The lowest BCUT2D eigenvalue weighted by Crippen LogP contribution is -2.39. The van der Waals surface area contributed by atoms with Crippen molar-refractivity contribution in [2.45, 2.75) is 13.0 Å². The van der Waals surface area contributed by atoms with Crippen LogP contribution in [0.4, 0.5) is 4.79 Å². The van der Waals surface area contributed by atoms with Crippen LogP contribution in [0, 0.1) is 5.92 Å². The third-order valence-electron chi connectivity index (χ3n) is 3.24. The molecule has 2 aromatic heterocycles. The van der Waals surface area contributed by atoms with Gasteiger partial charge in [0.05, 0.1) is 0 Å². The van der Waals surface area contributed by atoms with Gasteiger partial charge in [-0.15, -0.1) is 0 Å². The summed E-state index contributed by atoms with van der Waals surface area (Å²) in [6.07, 6.45) is 5.72. The number of hydrogen-bond acceptors (Lipinski definition) is 4. The number of carbonyl (C=O) groups is 1. The zero-order valence-electron chi connectivity index (χ0n) is 12.3. The van der Waals surface area contributed by atoms with E-state index in [0.29, 0.717) is 19.5 Å². The number of aliphatic hydroxyl groups excluding tert-OH is 1. The van der Waals surface area contributed by atoms with E-state index in [9.17, 15) is 9.90 Å². The van der Waals surface area contributed by atoms with Gasteiger partial charge in [0.25, 0.3) is 0 Å². The Morgan fingerprint density at radius 2 is 1.95 bits per heavy atom. The van der Waals surface area contributed by atoms with Crippen LogP contribution in [0.1, 0.15) is 11.3 Å². The molecule has 1 unspecified atom stereocenters. The van der Waals surface area contributed by atoms with Gasteiger partial charge in [0, 0.05) is 49.9 Å². The molecule has 0 radical (unpaired) electrons. The molecule has 2 rings (SSSR count). The number of aromatic nitrogens is 2. The average Bonchev–Trinajstić information content (AvgIpc) is 2.58. The Kier molecular flexibility index (Phi) is 6.32. The highest BCUT2D eigenvalue weighted by molar-refractivity contribution is 5.73. The van der Waals surface area contributed by atoms with Gasteiger partial charge in [-0.2, -0.15) is 0 Å². The maximum atomic E-state index is 11.8. The molecule has 0 aliphatic heterocycles. The molecule has 22 heavy (non-hydrogen) atoms. The van der Waals surface area contributed by atoms with Crippen LogP contribution in [0.2, 0.25) is 0 Å². The fourth-order valence-corrected chi connectivity index (χ4v) is 2.00. The van der Waals surface area contributed by atoms with E-state index in [1.807, 2.05) is 30.3 Å². The number of hydrogen-bond donors (Lipinski definition) is 3. The van der Waals surface area contributed by atoms with Crippen molar-refractivity contribution in [1.29, 1.82) is 0 Å².